The third-order valence-electron chi connectivity index (χ3n) is 3.40. The molecule has 0 saturated heterocycles. The van der Waals surface area contributed by atoms with Crippen LogP contribution >= 0.6 is 0 Å². The SMILES string of the molecule is O=C(O)C(=Cc1ccccc1)c1ccc2ccccc2c1. The van der Waals surface area contributed by atoms with Crippen molar-refractivity contribution < 1.29 is 9.90 Å². The molecule has 0 amide bonds. The largest absolute Gasteiger partial charge is 0.478 e. The number of rotatable bonds is 3. The molecule has 3 aromatic carbocycles. The zero-order chi connectivity index (χ0) is 14.7. The van der Waals surface area contributed by atoms with Gasteiger partial charge in [0.2, 0.25) is 0 Å². The maximum atomic E-state index is 11.6. The van der Waals surface area contributed by atoms with Crippen LogP contribution in [0.2, 0.25) is 0 Å². The summed E-state index contributed by atoms with van der Waals surface area (Å²) in [5.74, 6) is -0.922. The molecule has 2 heteroatoms. The first-order valence-electron chi connectivity index (χ1n) is 6.73. The van der Waals surface area contributed by atoms with Crippen molar-refractivity contribution in [2.75, 3.05) is 0 Å². The van der Waals surface area contributed by atoms with E-state index in [9.17, 15) is 9.90 Å². The van der Waals surface area contributed by atoms with E-state index in [0.29, 0.717) is 11.1 Å². The van der Waals surface area contributed by atoms with Crippen LogP contribution in [0.15, 0.2) is 72.8 Å². The van der Waals surface area contributed by atoms with Crippen LogP contribution in [-0.4, -0.2) is 11.1 Å². The Morgan fingerprint density at radius 2 is 1.48 bits per heavy atom. The lowest BCUT2D eigenvalue weighted by molar-refractivity contribution is -0.130. The second-order valence-electron chi connectivity index (χ2n) is 4.84. The molecule has 102 valence electrons. The highest BCUT2D eigenvalue weighted by Crippen LogP contribution is 2.23. The number of hydrogen-bond donors (Lipinski definition) is 1. The summed E-state index contributed by atoms with van der Waals surface area (Å²) < 4.78 is 0. The molecule has 0 unspecified atom stereocenters. The molecule has 3 rings (SSSR count). The van der Waals surface area contributed by atoms with Gasteiger partial charge in [0.15, 0.2) is 0 Å². The van der Waals surface area contributed by atoms with Gasteiger partial charge >= 0.3 is 5.97 Å². The molecule has 21 heavy (non-hydrogen) atoms. The molecule has 0 aliphatic heterocycles. The van der Waals surface area contributed by atoms with Gasteiger partial charge in [-0.05, 0) is 34.0 Å². The Morgan fingerprint density at radius 3 is 2.19 bits per heavy atom. The highest BCUT2D eigenvalue weighted by atomic mass is 16.4. The van der Waals surface area contributed by atoms with Crippen molar-refractivity contribution in [1.29, 1.82) is 0 Å². The standard InChI is InChI=1S/C19H14O2/c20-19(21)18(12-14-6-2-1-3-7-14)17-11-10-15-8-4-5-9-16(15)13-17/h1-13H,(H,20,21). The van der Waals surface area contributed by atoms with Crippen LogP contribution in [0.4, 0.5) is 0 Å². The van der Waals surface area contributed by atoms with Crippen molar-refractivity contribution >= 4 is 28.4 Å². The van der Waals surface area contributed by atoms with Gasteiger partial charge in [0.1, 0.15) is 0 Å². The van der Waals surface area contributed by atoms with E-state index in [4.69, 9.17) is 0 Å². The van der Waals surface area contributed by atoms with Crippen molar-refractivity contribution in [3.8, 4) is 0 Å². The fraction of sp³-hybridized carbons (Fsp3) is 0. The number of benzene rings is 3. The summed E-state index contributed by atoms with van der Waals surface area (Å²) in [6.45, 7) is 0. The molecule has 0 aromatic heterocycles. The van der Waals surface area contributed by atoms with Gasteiger partial charge in [0, 0.05) is 0 Å². The van der Waals surface area contributed by atoms with Crippen LogP contribution in [0.1, 0.15) is 11.1 Å². The average Bonchev–Trinajstić information content (AvgIpc) is 2.53. The minimum Gasteiger partial charge on any atom is -0.478 e. The second-order valence-corrected chi connectivity index (χ2v) is 4.84. The van der Waals surface area contributed by atoms with Crippen LogP contribution in [0.25, 0.3) is 22.4 Å². The van der Waals surface area contributed by atoms with Gasteiger partial charge in [0.25, 0.3) is 0 Å². The van der Waals surface area contributed by atoms with Gasteiger partial charge < -0.3 is 5.11 Å². The van der Waals surface area contributed by atoms with Crippen molar-refractivity contribution in [3.05, 3.63) is 83.9 Å². The maximum absolute atomic E-state index is 11.6. The Hall–Kier alpha value is -2.87. The first-order valence-corrected chi connectivity index (χ1v) is 6.73. The first-order chi connectivity index (χ1) is 10.2. The fourth-order valence-electron chi connectivity index (χ4n) is 2.34. The molecule has 0 atom stereocenters. The van der Waals surface area contributed by atoms with Gasteiger partial charge in [-0.15, -0.1) is 0 Å². The molecule has 3 aromatic rings. The Kier molecular flexibility index (Phi) is 3.52. The van der Waals surface area contributed by atoms with Crippen molar-refractivity contribution in [1.82, 2.24) is 0 Å². The van der Waals surface area contributed by atoms with Crippen LogP contribution in [0.5, 0.6) is 0 Å². The molecule has 0 heterocycles. The predicted octanol–water partition coefficient (Wildman–Crippen LogP) is 4.47. The smallest absolute Gasteiger partial charge is 0.336 e. The Balaban J connectivity index is 2.11. The van der Waals surface area contributed by atoms with Crippen molar-refractivity contribution in [2.24, 2.45) is 0 Å². The highest BCUT2D eigenvalue weighted by Gasteiger charge is 2.10. The summed E-state index contributed by atoms with van der Waals surface area (Å²) in [7, 11) is 0. The number of aliphatic carboxylic acids is 1. The summed E-state index contributed by atoms with van der Waals surface area (Å²) >= 11 is 0. The lowest BCUT2D eigenvalue weighted by Gasteiger charge is -2.05. The van der Waals surface area contributed by atoms with E-state index in [1.54, 1.807) is 6.08 Å². The average molecular weight is 274 g/mol. The van der Waals surface area contributed by atoms with Crippen LogP contribution in [0.3, 0.4) is 0 Å². The first kappa shape index (κ1) is 13.1. The molecule has 0 aliphatic rings. The number of carboxylic acid groups (broad SMARTS) is 1. The molecule has 2 nitrogen and oxygen atoms in total. The molecule has 1 N–H and O–H groups in total. The normalized spacial score (nSPS) is 11.5. The zero-order valence-corrected chi connectivity index (χ0v) is 11.4. The van der Waals surface area contributed by atoms with E-state index in [2.05, 4.69) is 0 Å². The molecule has 0 fully saturated rings. The quantitative estimate of drug-likeness (QED) is 0.565. The van der Waals surface area contributed by atoms with Crippen molar-refractivity contribution in [2.45, 2.75) is 0 Å². The predicted molar refractivity (Wildman–Crippen MR) is 85.9 cm³/mol. The second kappa shape index (κ2) is 5.63. The molecular formula is C19H14O2. The lowest BCUT2D eigenvalue weighted by Crippen LogP contribution is -1.99. The van der Waals surface area contributed by atoms with Gasteiger partial charge in [-0.3, -0.25) is 0 Å². The third kappa shape index (κ3) is 2.84. The number of carbonyl (C=O) groups is 1. The Morgan fingerprint density at radius 1 is 0.810 bits per heavy atom. The van der Waals surface area contributed by atoms with E-state index < -0.39 is 5.97 Å². The van der Waals surface area contributed by atoms with Gasteiger partial charge in [-0.2, -0.15) is 0 Å². The fourth-order valence-corrected chi connectivity index (χ4v) is 2.34. The van der Waals surface area contributed by atoms with E-state index >= 15 is 0 Å². The molecule has 0 radical (unpaired) electrons. The molecule has 0 spiro atoms. The van der Waals surface area contributed by atoms with Crippen LogP contribution < -0.4 is 0 Å². The topological polar surface area (TPSA) is 37.3 Å². The van der Waals surface area contributed by atoms with Gasteiger partial charge in [-0.1, -0.05) is 66.7 Å². The third-order valence-corrected chi connectivity index (χ3v) is 3.40. The molecular weight excluding hydrogens is 260 g/mol. The van der Waals surface area contributed by atoms with Crippen LogP contribution in [0, 0.1) is 0 Å². The summed E-state index contributed by atoms with van der Waals surface area (Å²) in [5, 5.41) is 11.6. The number of carboxylic acids is 1. The highest BCUT2D eigenvalue weighted by molar-refractivity contribution is 6.21. The van der Waals surface area contributed by atoms with Gasteiger partial charge in [0.05, 0.1) is 5.57 Å². The minimum atomic E-state index is -0.922. The molecule has 0 bridgehead atoms. The maximum Gasteiger partial charge on any atom is 0.336 e. The lowest BCUT2D eigenvalue weighted by atomic mass is 9.99. The summed E-state index contributed by atoms with van der Waals surface area (Å²) in [6.07, 6.45) is 1.70. The molecule has 0 aliphatic carbocycles. The zero-order valence-electron chi connectivity index (χ0n) is 11.4. The van der Waals surface area contributed by atoms with Crippen LogP contribution in [-0.2, 0) is 4.79 Å². The monoisotopic (exact) mass is 274 g/mol. The molecule has 0 saturated carbocycles. The van der Waals surface area contributed by atoms with Gasteiger partial charge in [-0.25, -0.2) is 4.79 Å². The Labute approximate surface area is 123 Å². The minimum absolute atomic E-state index is 0.298. The van der Waals surface area contributed by atoms with Crippen molar-refractivity contribution in [3.63, 3.8) is 0 Å². The van der Waals surface area contributed by atoms with E-state index in [1.807, 2.05) is 72.8 Å². The summed E-state index contributed by atoms with van der Waals surface area (Å²) in [4.78, 5) is 11.6. The van der Waals surface area contributed by atoms with E-state index in [0.717, 1.165) is 16.3 Å². The summed E-state index contributed by atoms with van der Waals surface area (Å²) in [5.41, 5.74) is 1.89. The van der Waals surface area contributed by atoms with E-state index in [1.165, 1.54) is 0 Å². The Bertz CT molecular complexity index is 817. The number of hydrogen-bond acceptors (Lipinski definition) is 1. The summed E-state index contributed by atoms with van der Waals surface area (Å²) in [6, 6.07) is 23.1. The van der Waals surface area contributed by atoms with E-state index in [-0.39, 0.29) is 0 Å². The number of fused-ring (bicyclic) bond motifs is 1.